The summed E-state index contributed by atoms with van der Waals surface area (Å²) in [6, 6.07) is 9.90. The molecule has 0 saturated carbocycles. The Labute approximate surface area is 111 Å². The Kier molecular flexibility index (Phi) is 4.65. The molecule has 0 spiro atoms. The molecule has 0 aliphatic carbocycles. The molecule has 2 rings (SSSR count). The van der Waals surface area contributed by atoms with Gasteiger partial charge in [0, 0.05) is 24.3 Å². The minimum absolute atomic E-state index is 0.509. The Bertz CT molecular complexity index is 375. The molecule has 2 atom stereocenters. The second kappa shape index (κ2) is 6.24. The fourth-order valence-electron chi connectivity index (χ4n) is 3.15. The summed E-state index contributed by atoms with van der Waals surface area (Å²) >= 11 is 0. The van der Waals surface area contributed by atoms with Crippen LogP contribution < -0.4 is 10.6 Å². The van der Waals surface area contributed by atoms with Gasteiger partial charge in [-0.1, -0.05) is 44.4 Å². The van der Waals surface area contributed by atoms with E-state index in [1.54, 1.807) is 0 Å². The van der Waals surface area contributed by atoms with Crippen molar-refractivity contribution in [2.45, 2.75) is 58.0 Å². The van der Waals surface area contributed by atoms with E-state index in [-0.39, 0.29) is 0 Å². The third kappa shape index (κ3) is 2.69. The fraction of sp³-hybridized carbons (Fsp3) is 0.625. The average Bonchev–Trinajstić information content (AvgIpc) is 2.71. The standard InChI is InChI=1S/C16H26N2/c1-3-4-5-9-15(12-17)18-13(2)11-14-8-6-7-10-16(14)18/h6-8,10,13,15H,3-5,9,11-12,17H2,1-2H3. The van der Waals surface area contributed by atoms with Crippen LogP contribution in [0.4, 0.5) is 5.69 Å². The van der Waals surface area contributed by atoms with Crippen molar-refractivity contribution in [2.24, 2.45) is 5.73 Å². The monoisotopic (exact) mass is 246 g/mol. The zero-order valence-electron chi connectivity index (χ0n) is 11.7. The minimum atomic E-state index is 0.509. The number of nitrogens with two attached hydrogens (primary N) is 1. The van der Waals surface area contributed by atoms with E-state index in [1.807, 2.05) is 0 Å². The molecule has 0 amide bonds. The molecule has 2 heteroatoms. The summed E-state index contributed by atoms with van der Waals surface area (Å²) < 4.78 is 0. The maximum atomic E-state index is 6.01. The fourth-order valence-corrected chi connectivity index (χ4v) is 3.15. The number of unbranched alkanes of at least 4 members (excludes halogenated alkanes) is 2. The van der Waals surface area contributed by atoms with Crippen LogP contribution in [0.5, 0.6) is 0 Å². The van der Waals surface area contributed by atoms with Crippen molar-refractivity contribution < 1.29 is 0 Å². The van der Waals surface area contributed by atoms with E-state index in [9.17, 15) is 0 Å². The van der Waals surface area contributed by atoms with Gasteiger partial charge >= 0.3 is 0 Å². The van der Waals surface area contributed by atoms with Crippen LogP contribution in [-0.2, 0) is 6.42 Å². The van der Waals surface area contributed by atoms with Crippen molar-refractivity contribution in [3.8, 4) is 0 Å². The second-order valence-corrected chi connectivity index (χ2v) is 5.47. The first kappa shape index (κ1) is 13.4. The number of anilines is 1. The largest absolute Gasteiger partial charge is 0.364 e. The molecule has 1 aromatic rings. The molecule has 1 aromatic carbocycles. The van der Waals surface area contributed by atoms with E-state index in [4.69, 9.17) is 5.73 Å². The topological polar surface area (TPSA) is 29.3 Å². The number of rotatable bonds is 6. The lowest BCUT2D eigenvalue weighted by Gasteiger charge is -2.33. The summed E-state index contributed by atoms with van der Waals surface area (Å²) in [6.07, 6.45) is 6.29. The number of benzene rings is 1. The third-order valence-corrected chi connectivity index (χ3v) is 4.07. The molecule has 1 aliphatic heterocycles. The Hall–Kier alpha value is -1.02. The van der Waals surface area contributed by atoms with Gasteiger partial charge in [-0.25, -0.2) is 0 Å². The van der Waals surface area contributed by atoms with Gasteiger partial charge in [0.25, 0.3) is 0 Å². The maximum absolute atomic E-state index is 6.01. The van der Waals surface area contributed by atoms with Crippen LogP contribution in [0, 0.1) is 0 Å². The number of nitrogens with zero attached hydrogens (tertiary/aromatic N) is 1. The zero-order chi connectivity index (χ0) is 13.0. The zero-order valence-corrected chi connectivity index (χ0v) is 11.7. The van der Waals surface area contributed by atoms with Gasteiger partial charge in [-0.3, -0.25) is 0 Å². The summed E-state index contributed by atoms with van der Waals surface area (Å²) in [5, 5.41) is 0. The molecule has 0 radical (unpaired) electrons. The summed E-state index contributed by atoms with van der Waals surface area (Å²) in [7, 11) is 0. The van der Waals surface area contributed by atoms with Gasteiger partial charge in [0.1, 0.15) is 0 Å². The molecule has 0 aromatic heterocycles. The summed E-state index contributed by atoms with van der Waals surface area (Å²) in [4.78, 5) is 2.56. The van der Waals surface area contributed by atoms with Gasteiger partial charge in [0.2, 0.25) is 0 Å². The maximum Gasteiger partial charge on any atom is 0.0415 e. The molecule has 2 nitrogen and oxygen atoms in total. The highest BCUT2D eigenvalue weighted by Gasteiger charge is 2.30. The normalized spacial score (nSPS) is 19.9. The van der Waals surface area contributed by atoms with Gasteiger partial charge in [0.05, 0.1) is 0 Å². The van der Waals surface area contributed by atoms with Crippen LogP contribution in [0.15, 0.2) is 24.3 Å². The van der Waals surface area contributed by atoms with Crippen molar-refractivity contribution in [3.63, 3.8) is 0 Å². The molecular weight excluding hydrogens is 220 g/mol. The van der Waals surface area contributed by atoms with E-state index in [1.165, 1.54) is 43.4 Å². The van der Waals surface area contributed by atoms with Gasteiger partial charge in [-0.2, -0.15) is 0 Å². The quantitative estimate of drug-likeness (QED) is 0.780. The lowest BCUT2D eigenvalue weighted by atomic mass is 10.1. The van der Waals surface area contributed by atoms with Gasteiger partial charge in [0.15, 0.2) is 0 Å². The van der Waals surface area contributed by atoms with Gasteiger partial charge in [-0.15, -0.1) is 0 Å². The number of fused-ring (bicyclic) bond motifs is 1. The van der Waals surface area contributed by atoms with Gasteiger partial charge in [-0.05, 0) is 31.4 Å². The van der Waals surface area contributed by atoms with Crippen molar-refractivity contribution in [1.29, 1.82) is 0 Å². The predicted molar refractivity (Wildman–Crippen MR) is 79.1 cm³/mol. The Morgan fingerprint density at radius 3 is 2.83 bits per heavy atom. The van der Waals surface area contributed by atoms with Crippen molar-refractivity contribution in [3.05, 3.63) is 29.8 Å². The van der Waals surface area contributed by atoms with Crippen LogP contribution in [0.1, 0.15) is 45.1 Å². The van der Waals surface area contributed by atoms with Crippen molar-refractivity contribution >= 4 is 5.69 Å². The molecule has 1 heterocycles. The van der Waals surface area contributed by atoms with Crippen LogP contribution in [-0.4, -0.2) is 18.6 Å². The summed E-state index contributed by atoms with van der Waals surface area (Å²) in [6.45, 7) is 5.34. The average molecular weight is 246 g/mol. The highest BCUT2D eigenvalue weighted by Crippen LogP contribution is 2.34. The third-order valence-electron chi connectivity index (χ3n) is 4.07. The van der Waals surface area contributed by atoms with E-state index in [2.05, 4.69) is 43.0 Å². The molecule has 1 aliphatic rings. The summed E-state index contributed by atoms with van der Waals surface area (Å²) in [5.41, 5.74) is 8.91. The highest BCUT2D eigenvalue weighted by atomic mass is 15.2. The number of para-hydroxylation sites is 1. The lowest BCUT2D eigenvalue weighted by molar-refractivity contribution is 0.494. The molecule has 2 N–H and O–H groups in total. The van der Waals surface area contributed by atoms with E-state index in [0.717, 1.165) is 6.54 Å². The SMILES string of the molecule is CCCCCC(CN)N1c2ccccc2CC1C. The van der Waals surface area contributed by atoms with Crippen LogP contribution in [0.25, 0.3) is 0 Å². The molecule has 18 heavy (non-hydrogen) atoms. The smallest absolute Gasteiger partial charge is 0.0415 e. The minimum Gasteiger partial charge on any atom is -0.364 e. The Morgan fingerprint density at radius 1 is 1.33 bits per heavy atom. The molecule has 2 unspecified atom stereocenters. The second-order valence-electron chi connectivity index (χ2n) is 5.47. The molecule has 0 bridgehead atoms. The van der Waals surface area contributed by atoms with E-state index in [0.29, 0.717) is 12.1 Å². The lowest BCUT2D eigenvalue weighted by Crippen LogP contribution is -2.44. The van der Waals surface area contributed by atoms with Crippen molar-refractivity contribution in [1.82, 2.24) is 0 Å². The van der Waals surface area contributed by atoms with Crippen LogP contribution >= 0.6 is 0 Å². The molecule has 0 fully saturated rings. The first-order valence-electron chi connectivity index (χ1n) is 7.34. The van der Waals surface area contributed by atoms with Crippen LogP contribution in [0.3, 0.4) is 0 Å². The Morgan fingerprint density at radius 2 is 2.11 bits per heavy atom. The Balaban J connectivity index is 2.10. The van der Waals surface area contributed by atoms with E-state index < -0.39 is 0 Å². The first-order valence-corrected chi connectivity index (χ1v) is 7.34. The predicted octanol–water partition coefficient (Wildman–Crippen LogP) is 3.35. The molecule has 100 valence electrons. The number of hydrogen-bond donors (Lipinski definition) is 1. The number of hydrogen-bond acceptors (Lipinski definition) is 2. The van der Waals surface area contributed by atoms with Crippen LogP contribution in [0.2, 0.25) is 0 Å². The summed E-state index contributed by atoms with van der Waals surface area (Å²) in [5.74, 6) is 0. The molecular formula is C16H26N2. The first-order chi connectivity index (χ1) is 8.77. The van der Waals surface area contributed by atoms with Gasteiger partial charge < -0.3 is 10.6 Å². The van der Waals surface area contributed by atoms with E-state index >= 15 is 0 Å². The molecule has 0 saturated heterocycles. The highest BCUT2D eigenvalue weighted by molar-refractivity contribution is 5.60. The van der Waals surface area contributed by atoms with Crippen molar-refractivity contribution in [2.75, 3.05) is 11.4 Å².